The van der Waals surface area contributed by atoms with E-state index in [1.54, 1.807) is 36.7 Å². The molecule has 6 aromatic rings. The normalized spacial score (nSPS) is 10.7. The van der Waals surface area contributed by atoms with Gasteiger partial charge in [-0.1, -0.05) is 36.4 Å². The van der Waals surface area contributed by atoms with E-state index in [-0.39, 0.29) is 22.5 Å². The quantitative estimate of drug-likeness (QED) is 0.0857. The maximum atomic E-state index is 12.5. The lowest BCUT2D eigenvalue weighted by Gasteiger charge is -2.03. The van der Waals surface area contributed by atoms with Gasteiger partial charge in [-0.3, -0.25) is 48.5 Å². The Bertz CT molecular complexity index is 2040. The van der Waals surface area contributed by atoms with Crippen molar-refractivity contribution in [2.75, 3.05) is 0 Å². The average Bonchev–Trinajstić information content (AvgIpc) is 3.60. The van der Waals surface area contributed by atoms with Crippen LogP contribution in [0.4, 0.5) is 11.4 Å². The van der Waals surface area contributed by atoms with E-state index in [1.165, 1.54) is 57.7 Å². The molecule has 0 N–H and O–H groups in total. The van der Waals surface area contributed by atoms with Crippen LogP contribution in [0.2, 0.25) is 0 Å². The van der Waals surface area contributed by atoms with E-state index in [1.807, 2.05) is 38.1 Å². The Morgan fingerprint density at radius 1 is 0.522 bits per heavy atom. The Morgan fingerprint density at radius 3 is 1.17 bits per heavy atom. The smallest absolute Gasteiger partial charge is 0.283 e. The van der Waals surface area contributed by atoms with Crippen LogP contribution in [0, 0.1) is 34.1 Å². The standard InChI is InChI=1S/2C17H12N2O4/c2*1-11-10-18(15-5-3-2-4-14(11)15)17(21)16(20)12-6-8-13(9-7-12)19(22)23/h2*2-10H,1H3. The Hall–Kier alpha value is -6.56. The van der Waals surface area contributed by atoms with E-state index in [2.05, 4.69) is 0 Å². The largest absolute Gasteiger partial charge is 0.303 e. The second kappa shape index (κ2) is 12.6. The summed E-state index contributed by atoms with van der Waals surface area (Å²) >= 11 is 0. The number of hydrogen-bond acceptors (Lipinski definition) is 8. The zero-order chi connectivity index (χ0) is 33.1. The fraction of sp³-hybridized carbons (Fsp3) is 0.0588. The van der Waals surface area contributed by atoms with Crippen molar-refractivity contribution in [2.45, 2.75) is 13.8 Å². The molecule has 2 heterocycles. The van der Waals surface area contributed by atoms with Crippen LogP contribution in [0.15, 0.2) is 109 Å². The molecule has 0 spiro atoms. The van der Waals surface area contributed by atoms with Gasteiger partial charge in [-0.15, -0.1) is 0 Å². The Labute approximate surface area is 260 Å². The van der Waals surface area contributed by atoms with Gasteiger partial charge in [0.05, 0.1) is 20.9 Å². The number of nitro groups is 2. The average molecular weight is 617 g/mol. The van der Waals surface area contributed by atoms with Crippen LogP contribution in [0.1, 0.15) is 41.4 Å². The molecule has 0 saturated heterocycles. The van der Waals surface area contributed by atoms with Crippen LogP contribution >= 0.6 is 0 Å². The molecule has 0 aliphatic carbocycles. The number of rotatable bonds is 6. The molecule has 0 radical (unpaired) electrons. The number of aromatic nitrogens is 2. The number of fused-ring (bicyclic) bond motifs is 2. The number of carbonyl (C=O) groups is 4. The van der Waals surface area contributed by atoms with Gasteiger partial charge in [-0.2, -0.15) is 0 Å². The second-order valence-electron chi connectivity index (χ2n) is 10.3. The van der Waals surface area contributed by atoms with Crippen molar-refractivity contribution in [1.29, 1.82) is 0 Å². The highest BCUT2D eigenvalue weighted by Crippen LogP contribution is 2.23. The van der Waals surface area contributed by atoms with Crippen LogP contribution in [0.5, 0.6) is 0 Å². The van der Waals surface area contributed by atoms with Gasteiger partial charge in [0.1, 0.15) is 0 Å². The van der Waals surface area contributed by atoms with Gasteiger partial charge < -0.3 is 0 Å². The first-order chi connectivity index (χ1) is 22.0. The fourth-order valence-corrected chi connectivity index (χ4v) is 4.97. The summed E-state index contributed by atoms with van der Waals surface area (Å²) in [6.45, 7) is 3.73. The molecular weight excluding hydrogens is 592 g/mol. The van der Waals surface area contributed by atoms with Gasteiger partial charge in [-0.05, 0) is 61.4 Å². The van der Waals surface area contributed by atoms with Crippen LogP contribution in [0.25, 0.3) is 21.8 Å². The Balaban J connectivity index is 0.000000181. The predicted octanol–water partition coefficient (Wildman–Crippen LogP) is 6.76. The van der Waals surface area contributed by atoms with Crippen molar-refractivity contribution in [1.82, 2.24) is 9.13 Å². The molecule has 0 bridgehead atoms. The van der Waals surface area contributed by atoms with Crippen LogP contribution in [0.3, 0.4) is 0 Å². The van der Waals surface area contributed by atoms with Gasteiger partial charge in [0.2, 0.25) is 0 Å². The second-order valence-corrected chi connectivity index (χ2v) is 10.3. The number of Topliss-reactive ketones (excluding diaryl/α,β-unsaturated/α-hetero) is 2. The number of aryl methyl sites for hydroxylation is 2. The van der Waals surface area contributed by atoms with Gasteiger partial charge in [0.15, 0.2) is 0 Å². The summed E-state index contributed by atoms with van der Waals surface area (Å²) in [5, 5.41) is 23.1. The molecular formula is C34H24N4O8. The number of non-ortho nitro benzene ring substituents is 2. The van der Waals surface area contributed by atoms with E-state index < -0.39 is 33.2 Å². The number of nitro benzene ring substituents is 2. The summed E-state index contributed by atoms with van der Waals surface area (Å²) in [5.41, 5.74) is 3.09. The molecule has 0 fully saturated rings. The molecule has 0 unspecified atom stereocenters. The predicted molar refractivity (Wildman–Crippen MR) is 169 cm³/mol. The molecule has 46 heavy (non-hydrogen) atoms. The van der Waals surface area contributed by atoms with Crippen molar-refractivity contribution in [3.8, 4) is 0 Å². The molecule has 4 aromatic carbocycles. The summed E-state index contributed by atoms with van der Waals surface area (Å²) in [4.78, 5) is 69.8. The third-order valence-electron chi connectivity index (χ3n) is 7.33. The lowest BCUT2D eigenvalue weighted by molar-refractivity contribution is -0.385. The first-order valence-electron chi connectivity index (χ1n) is 13.8. The maximum Gasteiger partial charge on any atom is 0.303 e. The summed E-state index contributed by atoms with van der Waals surface area (Å²) in [7, 11) is 0. The summed E-state index contributed by atoms with van der Waals surface area (Å²) in [5.74, 6) is -2.80. The zero-order valence-corrected chi connectivity index (χ0v) is 24.4. The lowest BCUT2D eigenvalue weighted by Crippen LogP contribution is -2.21. The molecule has 6 rings (SSSR count). The van der Waals surface area contributed by atoms with Gasteiger partial charge >= 0.3 is 11.8 Å². The summed E-state index contributed by atoms with van der Waals surface area (Å²) < 4.78 is 2.63. The van der Waals surface area contributed by atoms with Gasteiger partial charge in [0.25, 0.3) is 22.9 Å². The van der Waals surface area contributed by atoms with Crippen LogP contribution < -0.4 is 0 Å². The highest BCUT2D eigenvalue weighted by atomic mass is 16.6. The monoisotopic (exact) mass is 616 g/mol. The Kier molecular flexibility index (Phi) is 8.45. The van der Waals surface area contributed by atoms with Crippen molar-refractivity contribution in [3.63, 3.8) is 0 Å². The summed E-state index contributed by atoms with van der Waals surface area (Å²) in [6.07, 6.45) is 3.24. The van der Waals surface area contributed by atoms with E-state index in [9.17, 15) is 39.4 Å². The molecule has 0 atom stereocenters. The van der Waals surface area contributed by atoms with Crippen molar-refractivity contribution >= 4 is 56.6 Å². The van der Waals surface area contributed by atoms with Crippen molar-refractivity contribution < 1.29 is 29.0 Å². The summed E-state index contributed by atoms with van der Waals surface area (Å²) in [6, 6.07) is 24.6. The molecule has 2 aromatic heterocycles. The first-order valence-corrected chi connectivity index (χ1v) is 13.8. The highest BCUT2D eigenvalue weighted by Gasteiger charge is 2.23. The van der Waals surface area contributed by atoms with Gasteiger partial charge in [0, 0.05) is 58.6 Å². The van der Waals surface area contributed by atoms with Crippen molar-refractivity contribution in [2.24, 2.45) is 0 Å². The highest BCUT2D eigenvalue weighted by molar-refractivity contribution is 6.45. The molecule has 228 valence electrons. The minimum Gasteiger partial charge on any atom is -0.283 e. The number of nitrogens with zero attached hydrogens (tertiary/aromatic N) is 4. The number of benzene rings is 4. The molecule has 0 saturated carbocycles. The molecule has 0 aliphatic heterocycles. The first kappa shape index (κ1) is 30.9. The number of carbonyl (C=O) groups excluding carboxylic acids is 4. The molecule has 12 nitrogen and oxygen atoms in total. The van der Waals surface area contributed by atoms with E-state index in [0.717, 1.165) is 21.9 Å². The van der Waals surface area contributed by atoms with E-state index in [0.29, 0.717) is 11.0 Å². The number of para-hydroxylation sites is 2. The van der Waals surface area contributed by atoms with Crippen LogP contribution in [-0.4, -0.2) is 42.4 Å². The minimum atomic E-state index is -0.708. The maximum absolute atomic E-state index is 12.5. The topological polar surface area (TPSA) is 164 Å². The third-order valence-corrected chi connectivity index (χ3v) is 7.33. The molecule has 0 aliphatic rings. The minimum absolute atomic E-state index is 0.121. The molecule has 12 heteroatoms. The number of ketones is 2. The zero-order valence-electron chi connectivity index (χ0n) is 24.4. The SMILES string of the molecule is Cc1cn(C(=O)C(=O)c2ccc([N+](=O)[O-])cc2)c2ccccc12.Cc1cn(C(=O)C(=O)c2ccc([N+](=O)[O-])cc2)c2ccccc12. The van der Waals surface area contributed by atoms with Crippen LogP contribution in [-0.2, 0) is 0 Å². The fourth-order valence-electron chi connectivity index (χ4n) is 4.97. The third kappa shape index (κ3) is 5.95. The number of hydrogen-bond donors (Lipinski definition) is 0. The van der Waals surface area contributed by atoms with Crippen molar-refractivity contribution in [3.05, 3.63) is 152 Å². The lowest BCUT2D eigenvalue weighted by atomic mass is 10.1. The Morgan fingerprint density at radius 2 is 0.848 bits per heavy atom. The van der Waals surface area contributed by atoms with E-state index in [4.69, 9.17) is 0 Å². The van der Waals surface area contributed by atoms with E-state index >= 15 is 0 Å². The van der Waals surface area contributed by atoms with Gasteiger partial charge in [-0.25, -0.2) is 0 Å². The molecule has 0 amide bonds.